The van der Waals surface area contributed by atoms with Crippen molar-refractivity contribution in [2.24, 2.45) is 7.05 Å². The molecule has 3 fully saturated rings. The molecule has 0 radical (unpaired) electrons. The van der Waals surface area contributed by atoms with Gasteiger partial charge in [0.05, 0.1) is 29.9 Å². The number of carbonyl (C=O) groups is 4. The van der Waals surface area contributed by atoms with Crippen molar-refractivity contribution >= 4 is 44.6 Å². The van der Waals surface area contributed by atoms with E-state index in [2.05, 4.69) is 6.58 Å². The molecular weight excluding hydrogens is 747 g/mol. The number of rotatable bonds is 12. The third kappa shape index (κ3) is 8.04. The van der Waals surface area contributed by atoms with Crippen molar-refractivity contribution in [1.29, 1.82) is 0 Å². The van der Waals surface area contributed by atoms with Crippen LogP contribution in [-0.4, -0.2) is 135 Å². The van der Waals surface area contributed by atoms with E-state index in [0.29, 0.717) is 17.4 Å². The lowest BCUT2D eigenvalue weighted by Gasteiger charge is -2.55. The first kappa shape index (κ1) is 39.7. The van der Waals surface area contributed by atoms with Gasteiger partial charge in [-0.05, 0) is 42.2 Å². The molecule has 0 spiro atoms. The molecule has 4 amide bonds. The van der Waals surface area contributed by atoms with Gasteiger partial charge in [0, 0.05) is 70.7 Å². The molecule has 14 nitrogen and oxygen atoms in total. The maximum absolute atomic E-state index is 14.7. The molecule has 1 aromatic heterocycles. The van der Waals surface area contributed by atoms with Gasteiger partial charge in [0.25, 0.3) is 5.91 Å². The predicted molar refractivity (Wildman–Crippen MR) is 215 cm³/mol. The molecule has 3 aliphatic rings. The highest BCUT2D eigenvalue weighted by Crippen LogP contribution is 2.32. The lowest BCUT2D eigenvalue weighted by Crippen LogP contribution is -2.75. The van der Waals surface area contributed by atoms with E-state index in [1.54, 1.807) is 68.2 Å². The van der Waals surface area contributed by atoms with Crippen molar-refractivity contribution in [1.82, 2.24) is 33.6 Å². The van der Waals surface area contributed by atoms with Crippen LogP contribution in [0.15, 0.2) is 91.6 Å². The minimum absolute atomic E-state index is 0.00882. The van der Waals surface area contributed by atoms with Crippen LogP contribution in [0.4, 0.5) is 0 Å². The molecule has 0 saturated carbocycles. The number of piperazine rings is 2. The van der Waals surface area contributed by atoms with E-state index in [1.165, 1.54) is 4.31 Å². The number of sulfonamides is 1. The van der Waals surface area contributed by atoms with Crippen molar-refractivity contribution < 1.29 is 32.7 Å². The van der Waals surface area contributed by atoms with E-state index in [9.17, 15) is 32.7 Å². The molecular formula is C42H49N7O7S. The summed E-state index contributed by atoms with van der Waals surface area (Å²) in [6, 6.07) is 21.0. The molecule has 0 bridgehead atoms. The van der Waals surface area contributed by atoms with Gasteiger partial charge in [-0.1, -0.05) is 66.7 Å². The van der Waals surface area contributed by atoms with Gasteiger partial charge in [-0.25, -0.2) is 18.4 Å². The van der Waals surface area contributed by atoms with Crippen molar-refractivity contribution in [3.05, 3.63) is 114 Å². The second kappa shape index (κ2) is 16.5. The molecule has 4 heterocycles. The predicted octanol–water partition coefficient (Wildman–Crippen LogP) is 2.98. The number of fused-ring (bicyclic) bond motifs is 2. The monoisotopic (exact) mass is 795 g/mol. The number of hydrogen-bond donors (Lipinski definition) is 1. The Labute approximate surface area is 333 Å². The molecule has 2 atom stereocenters. The van der Waals surface area contributed by atoms with Gasteiger partial charge >= 0.3 is 0 Å². The Kier molecular flexibility index (Phi) is 11.5. The van der Waals surface area contributed by atoms with Gasteiger partial charge in [0.15, 0.2) is 0 Å². The maximum Gasteiger partial charge on any atom is 0.256 e. The summed E-state index contributed by atoms with van der Waals surface area (Å²) in [6.45, 7) is 6.88. The Hall–Kier alpha value is -5.51. The number of aromatic nitrogens is 1. The van der Waals surface area contributed by atoms with E-state index in [4.69, 9.17) is 0 Å². The fourth-order valence-corrected chi connectivity index (χ4v) is 9.43. The molecule has 7 rings (SSSR count). The zero-order chi connectivity index (χ0) is 40.4. The van der Waals surface area contributed by atoms with Crippen LogP contribution in [0.5, 0.6) is 5.75 Å². The van der Waals surface area contributed by atoms with Crippen molar-refractivity contribution in [2.75, 3.05) is 51.6 Å². The number of hydrogen-bond acceptors (Lipinski definition) is 8. The summed E-state index contributed by atoms with van der Waals surface area (Å²) in [4.78, 5) is 61.9. The van der Waals surface area contributed by atoms with Crippen LogP contribution in [0.25, 0.3) is 10.9 Å². The molecule has 4 aromatic rings. The van der Waals surface area contributed by atoms with Gasteiger partial charge in [-0.2, -0.15) is 4.31 Å². The SMILES string of the molecule is C=CCN1CC(=O)N2[C@@H](Cc3ccc(O)cc3)C(=O)N(Cc3cccc4c(C(=O)N5CCN(S(=O)(=O)CC)CC5)cn(C)c34)C[C@@H]2N1C(=O)CCc1ccccc1. The molecule has 3 aliphatic heterocycles. The van der Waals surface area contributed by atoms with E-state index < -0.39 is 22.2 Å². The Morgan fingerprint density at radius 2 is 1.65 bits per heavy atom. The van der Waals surface area contributed by atoms with Crippen LogP contribution >= 0.6 is 0 Å². The summed E-state index contributed by atoms with van der Waals surface area (Å²) >= 11 is 0. The first-order valence-electron chi connectivity index (χ1n) is 19.3. The van der Waals surface area contributed by atoms with Gasteiger partial charge < -0.3 is 24.4 Å². The molecule has 57 heavy (non-hydrogen) atoms. The normalized spacial score (nSPS) is 19.6. The van der Waals surface area contributed by atoms with Crippen LogP contribution in [0, 0.1) is 0 Å². The number of nitrogens with zero attached hydrogens (tertiary/aromatic N) is 7. The van der Waals surface area contributed by atoms with E-state index in [1.807, 2.05) is 60.1 Å². The molecule has 3 aromatic carbocycles. The lowest BCUT2D eigenvalue weighted by molar-refractivity contribution is -0.205. The van der Waals surface area contributed by atoms with Crippen LogP contribution in [0.1, 0.15) is 40.4 Å². The molecule has 15 heteroatoms. The smallest absolute Gasteiger partial charge is 0.256 e. The number of benzene rings is 3. The summed E-state index contributed by atoms with van der Waals surface area (Å²) in [6.07, 6.45) is 3.50. The van der Waals surface area contributed by atoms with Gasteiger partial charge in [-0.15, -0.1) is 6.58 Å². The molecule has 3 saturated heterocycles. The zero-order valence-electron chi connectivity index (χ0n) is 32.4. The van der Waals surface area contributed by atoms with Crippen molar-refractivity contribution in [3.63, 3.8) is 0 Å². The summed E-state index contributed by atoms with van der Waals surface area (Å²) in [5.74, 6) is -0.831. The first-order chi connectivity index (χ1) is 27.4. The fourth-order valence-electron chi connectivity index (χ4n) is 8.35. The second-order valence-electron chi connectivity index (χ2n) is 14.8. The lowest BCUT2D eigenvalue weighted by atomic mass is 9.97. The largest absolute Gasteiger partial charge is 0.508 e. The zero-order valence-corrected chi connectivity index (χ0v) is 33.2. The van der Waals surface area contributed by atoms with Gasteiger partial charge in [0.2, 0.25) is 27.7 Å². The Bertz CT molecular complexity index is 2270. The topological polar surface area (TPSA) is 147 Å². The number of phenols is 1. The number of para-hydroxylation sites is 1. The standard InChI is InChI=1S/C42H49N7O7S/c1-4-20-46-29-39(52)48-36(25-31-14-17-33(50)18-15-31)42(54)45(28-37(48)49(46)38(51)19-16-30-10-7-6-8-11-30)26-32-12-9-13-34-35(27-43(3)40(32)34)41(53)44-21-23-47(24-22-44)57(55,56)5-2/h4,6-15,17-18,27,36-37,50H,1,5,16,19-26,28-29H2,2-3H3/t36-,37-/m0/s1. The van der Waals surface area contributed by atoms with Gasteiger partial charge in [-0.3, -0.25) is 19.2 Å². The quantitative estimate of drug-likeness (QED) is 0.216. The minimum atomic E-state index is -3.35. The fraction of sp³-hybridized carbons (Fsp3) is 0.381. The van der Waals surface area contributed by atoms with Crippen LogP contribution in [0.2, 0.25) is 0 Å². The Balaban J connectivity index is 1.21. The summed E-state index contributed by atoms with van der Waals surface area (Å²) in [7, 11) is -1.51. The minimum Gasteiger partial charge on any atom is -0.508 e. The second-order valence-corrected chi connectivity index (χ2v) is 17.1. The number of aromatic hydroxyl groups is 1. The van der Waals surface area contributed by atoms with E-state index in [-0.39, 0.29) is 100 Å². The van der Waals surface area contributed by atoms with Gasteiger partial charge in [0.1, 0.15) is 18.0 Å². The molecule has 1 N–H and O–H groups in total. The summed E-state index contributed by atoms with van der Waals surface area (Å²) in [5, 5.41) is 14.0. The summed E-state index contributed by atoms with van der Waals surface area (Å²) < 4.78 is 28.2. The average molecular weight is 796 g/mol. The highest BCUT2D eigenvalue weighted by Gasteiger charge is 2.51. The number of aryl methyl sites for hydroxylation is 2. The summed E-state index contributed by atoms with van der Waals surface area (Å²) in [5.41, 5.74) is 3.79. The molecule has 300 valence electrons. The molecule has 0 unspecified atom stereocenters. The Morgan fingerprint density at radius 3 is 2.33 bits per heavy atom. The third-order valence-electron chi connectivity index (χ3n) is 11.2. The van der Waals surface area contributed by atoms with Crippen molar-refractivity contribution in [3.8, 4) is 5.75 Å². The number of hydrazine groups is 1. The Morgan fingerprint density at radius 1 is 0.930 bits per heavy atom. The maximum atomic E-state index is 14.7. The van der Waals surface area contributed by atoms with E-state index in [0.717, 1.165) is 22.2 Å². The number of amides is 4. The van der Waals surface area contributed by atoms with Crippen molar-refractivity contribution in [2.45, 2.75) is 44.9 Å². The number of phenolic OH excluding ortho intramolecular Hbond substituents is 1. The number of carbonyl (C=O) groups excluding carboxylic acids is 4. The third-order valence-corrected chi connectivity index (χ3v) is 13.1. The highest BCUT2D eigenvalue weighted by atomic mass is 32.2. The average Bonchev–Trinajstić information content (AvgIpc) is 3.56. The van der Waals surface area contributed by atoms with Crippen LogP contribution in [-0.2, 0) is 50.8 Å². The van der Waals surface area contributed by atoms with Crippen LogP contribution < -0.4 is 0 Å². The molecule has 0 aliphatic carbocycles. The first-order valence-corrected chi connectivity index (χ1v) is 20.9. The highest BCUT2D eigenvalue weighted by molar-refractivity contribution is 7.89. The van der Waals surface area contributed by atoms with Crippen LogP contribution in [0.3, 0.4) is 0 Å². The van der Waals surface area contributed by atoms with E-state index >= 15 is 0 Å².